The highest BCUT2D eigenvalue weighted by molar-refractivity contribution is 5.94. The molecule has 92 valence electrons. The predicted octanol–water partition coefficient (Wildman–Crippen LogP) is 1.03. The van der Waals surface area contributed by atoms with Crippen molar-refractivity contribution in [1.82, 2.24) is 5.32 Å². The molecule has 0 radical (unpaired) electrons. The molecule has 1 heterocycles. The first-order valence-electron chi connectivity index (χ1n) is 5.89. The smallest absolute Gasteiger partial charge is 0.230 e. The number of benzene rings is 1. The van der Waals surface area contributed by atoms with Crippen molar-refractivity contribution in [2.24, 2.45) is 5.92 Å². The average Bonchev–Trinajstić information content (AvgIpc) is 2.25. The van der Waals surface area contributed by atoms with Crippen molar-refractivity contribution in [2.45, 2.75) is 6.42 Å². The third-order valence-electron chi connectivity index (χ3n) is 3.00. The van der Waals surface area contributed by atoms with Crippen molar-refractivity contribution in [3.63, 3.8) is 0 Å². The first-order valence-corrected chi connectivity index (χ1v) is 5.89. The molecule has 1 saturated heterocycles. The van der Waals surface area contributed by atoms with Crippen LogP contribution >= 0.6 is 0 Å². The van der Waals surface area contributed by atoms with Gasteiger partial charge in [-0.15, -0.1) is 0 Å². The summed E-state index contributed by atoms with van der Waals surface area (Å²) in [6.45, 7) is 2.23. The summed E-state index contributed by atoms with van der Waals surface area (Å²) in [5.74, 6) is 0.221. The summed E-state index contributed by atoms with van der Waals surface area (Å²) in [7, 11) is 1.68. The zero-order chi connectivity index (χ0) is 12.1. The van der Waals surface area contributed by atoms with Crippen molar-refractivity contribution in [1.29, 1.82) is 0 Å². The van der Waals surface area contributed by atoms with Gasteiger partial charge >= 0.3 is 0 Å². The number of hydrogen-bond acceptors (Lipinski definition) is 3. The lowest BCUT2D eigenvalue weighted by molar-refractivity contribution is -0.121. The van der Waals surface area contributed by atoms with Crippen LogP contribution in [0.5, 0.6) is 0 Å². The highest BCUT2D eigenvalue weighted by atomic mass is 16.5. The first kappa shape index (κ1) is 12.1. The second-order valence-corrected chi connectivity index (χ2v) is 4.24. The van der Waals surface area contributed by atoms with Gasteiger partial charge in [0, 0.05) is 25.9 Å². The number of para-hydroxylation sites is 1. The molecule has 1 aliphatic heterocycles. The largest absolute Gasteiger partial charge is 0.384 e. The lowest BCUT2D eigenvalue weighted by atomic mass is 10.0. The Hall–Kier alpha value is -1.39. The Kier molecular flexibility index (Phi) is 4.12. The molecule has 1 aliphatic rings. The van der Waals surface area contributed by atoms with Gasteiger partial charge in [-0.1, -0.05) is 18.2 Å². The Morgan fingerprint density at radius 1 is 1.47 bits per heavy atom. The molecular weight excluding hydrogens is 216 g/mol. The molecule has 1 aromatic carbocycles. The summed E-state index contributed by atoms with van der Waals surface area (Å²) in [5.41, 5.74) is 2.02. The van der Waals surface area contributed by atoms with Crippen LogP contribution in [0.25, 0.3) is 0 Å². The number of anilines is 1. The first-order chi connectivity index (χ1) is 8.31. The van der Waals surface area contributed by atoms with Crippen LogP contribution in [0.15, 0.2) is 24.3 Å². The third kappa shape index (κ3) is 3.05. The number of ether oxygens (including phenoxy) is 1. The van der Waals surface area contributed by atoms with Gasteiger partial charge in [-0.2, -0.15) is 0 Å². The van der Waals surface area contributed by atoms with Crippen LogP contribution in [0.3, 0.4) is 0 Å². The highest BCUT2D eigenvalue weighted by Crippen LogP contribution is 2.17. The van der Waals surface area contributed by atoms with Crippen molar-refractivity contribution in [3.8, 4) is 0 Å². The molecule has 0 saturated carbocycles. The van der Waals surface area contributed by atoms with E-state index < -0.39 is 0 Å². The maximum atomic E-state index is 11.8. The Labute approximate surface area is 101 Å². The molecule has 4 nitrogen and oxygen atoms in total. The van der Waals surface area contributed by atoms with Gasteiger partial charge in [0.1, 0.15) is 0 Å². The number of methoxy groups -OCH3 is 1. The monoisotopic (exact) mass is 234 g/mol. The van der Waals surface area contributed by atoms with Gasteiger partial charge in [-0.25, -0.2) is 0 Å². The van der Waals surface area contributed by atoms with E-state index in [1.54, 1.807) is 7.11 Å². The quantitative estimate of drug-likeness (QED) is 0.800. The molecule has 0 unspecified atom stereocenters. The molecule has 17 heavy (non-hydrogen) atoms. The summed E-state index contributed by atoms with van der Waals surface area (Å²) < 4.78 is 5.06. The van der Waals surface area contributed by atoms with E-state index in [0.717, 1.165) is 30.8 Å². The zero-order valence-corrected chi connectivity index (χ0v) is 10.0. The molecule has 1 aromatic rings. The van der Waals surface area contributed by atoms with Crippen molar-refractivity contribution in [2.75, 3.05) is 32.1 Å². The van der Waals surface area contributed by atoms with Crippen LogP contribution in [0.4, 0.5) is 5.69 Å². The van der Waals surface area contributed by atoms with Crippen LogP contribution in [-0.2, 0) is 16.0 Å². The SMILES string of the molecule is COCCc1ccccc1NC(=O)C1CNC1. The van der Waals surface area contributed by atoms with E-state index in [1.807, 2.05) is 24.3 Å². The summed E-state index contributed by atoms with van der Waals surface area (Å²) in [5, 5.41) is 6.08. The van der Waals surface area contributed by atoms with Crippen LogP contribution in [-0.4, -0.2) is 32.7 Å². The fourth-order valence-electron chi connectivity index (χ4n) is 1.78. The maximum Gasteiger partial charge on any atom is 0.230 e. The minimum Gasteiger partial charge on any atom is -0.384 e. The highest BCUT2D eigenvalue weighted by Gasteiger charge is 2.25. The van der Waals surface area contributed by atoms with Gasteiger partial charge in [0.05, 0.1) is 12.5 Å². The van der Waals surface area contributed by atoms with E-state index >= 15 is 0 Å². The summed E-state index contributed by atoms with van der Waals surface area (Å²) >= 11 is 0. The second-order valence-electron chi connectivity index (χ2n) is 4.24. The van der Waals surface area contributed by atoms with Gasteiger partial charge in [0.15, 0.2) is 0 Å². The van der Waals surface area contributed by atoms with Crippen molar-refractivity contribution >= 4 is 11.6 Å². The third-order valence-corrected chi connectivity index (χ3v) is 3.00. The van der Waals surface area contributed by atoms with Crippen LogP contribution in [0, 0.1) is 5.92 Å². The minimum atomic E-state index is 0.105. The topological polar surface area (TPSA) is 50.4 Å². The van der Waals surface area contributed by atoms with Crippen molar-refractivity contribution < 1.29 is 9.53 Å². The maximum absolute atomic E-state index is 11.8. The summed E-state index contributed by atoms with van der Waals surface area (Å²) in [4.78, 5) is 11.8. The van der Waals surface area contributed by atoms with Gasteiger partial charge in [0.25, 0.3) is 0 Å². The van der Waals surface area contributed by atoms with Crippen LogP contribution in [0.2, 0.25) is 0 Å². The molecule has 0 spiro atoms. The fourth-order valence-corrected chi connectivity index (χ4v) is 1.78. The second kappa shape index (κ2) is 5.80. The molecule has 0 bridgehead atoms. The van der Waals surface area contributed by atoms with E-state index in [-0.39, 0.29) is 11.8 Å². The molecule has 1 amide bonds. The van der Waals surface area contributed by atoms with Gasteiger partial charge in [0.2, 0.25) is 5.91 Å². The molecule has 4 heteroatoms. The van der Waals surface area contributed by atoms with E-state index in [9.17, 15) is 4.79 Å². The lowest BCUT2D eigenvalue weighted by Gasteiger charge is -2.26. The average molecular weight is 234 g/mol. The lowest BCUT2D eigenvalue weighted by Crippen LogP contribution is -2.48. The zero-order valence-electron chi connectivity index (χ0n) is 10.0. The summed E-state index contributed by atoms with van der Waals surface area (Å²) in [6, 6.07) is 7.87. The number of rotatable bonds is 5. The molecular formula is C13H18N2O2. The summed E-state index contributed by atoms with van der Waals surface area (Å²) in [6.07, 6.45) is 0.815. The predicted molar refractivity (Wildman–Crippen MR) is 67.0 cm³/mol. The van der Waals surface area contributed by atoms with Crippen LogP contribution in [0.1, 0.15) is 5.56 Å². The molecule has 0 aromatic heterocycles. The number of carbonyl (C=O) groups is 1. The van der Waals surface area contributed by atoms with E-state index in [2.05, 4.69) is 10.6 Å². The molecule has 0 atom stereocenters. The molecule has 2 N–H and O–H groups in total. The van der Waals surface area contributed by atoms with Crippen molar-refractivity contribution in [3.05, 3.63) is 29.8 Å². The number of carbonyl (C=O) groups excluding carboxylic acids is 1. The minimum absolute atomic E-state index is 0.105. The fraction of sp³-hybridized carbons (Fsp3) is 0.462. The van der Waals surface area contributed by atoms with Crippen LogP contribution < -0.4 is 10.6 Å². The Bertz CT molecular complexity index is 389. The van der Waals surface area contributed by atoms with Gasteiger partial charge < -0.3 is 15.4 Å². The normalized spacial score (nSPS) is 15.4. The van der Waals surface area contributed by atoms with E-state index in [1.165, 1.54) is 0 Å². The molecule has 0 aliphatic carbocycles. The Balaban J connectivity index is 2.00. The molecule has 1 fully saturated rings. The van der Waals surface area contributed by atoms with Gasteiger partial charge in [-0.05, 0) is 18.1 Å². The number of nitrogens with one attached hydrogen (secondary N) is 2. The number of hydrogen-bond donors (Lipinski definition) is 2. The van der Waals surface area contributed by atoms with E-state index in [0.29, 0.717) is 6.61 Å². The number of amides is 1. The van der Waals surface area contributed by atoms with E-state index in [4.69, 9.17) is 4.74 Å². The standard InChI is InChI=1S/C13H18N2O2/c1-17-7-6-10-4-2-3-5-12(10)15-13(16)11-8-14-9-11/h2-5,11,14H,6-9H2,1H3,(H,15,16). The Morgan fingerprint density at radius 2 is 2.24 bits per heavy atom. The van der Waals surface area contributed by atoms with Gasteiger partial charge in [-0.3, -0.25) is 4.79 Å². The Morgan fingerprint density at radius 3 is 2.88 bits per heavy atom. The molecule has 2 rings (SSSR count).